The van der Waals surface area contributed by atoms with Gasteiger partial charge in [0.15, 0.2) is 0 Å². The molecule has 1 aromatic carbocycles. The van der Waals surface area contributed by atoms with Gasteiger partial charge in [0.1, 0.15) is 18.1 Å². The first-order valence-electron chi connectivity index (χ1n) is 7.10. The molecule has 0 saturated heterocycles. The second-order valence-corrected chi connectivity index (χ2v) is 5.02. The lowest BCUT2D eigenvalue weighted by atomic mass is 10.1. The number of rotatable bonds is 4. The minimum absolute atomic E-state index is 0.0558. The zero-order valence-electron chi connectivity index (χ0n) is 12.2. The number of carbonyl (C=O) groups excluding carboxylic acids is 3. The molecule has 3 amide bonds. The van der Waals surface area contributed by atoms with Crippen LogP contribution in [0.1, 0.15) is 10.4 Å². The largest absolute Gasteiger partial charge is 0.491 e. The second kappa shape index (κ2) is 6.09. The molecule has 0 bridgehead atoms. The van der Waals surface area contributed by atoms with Crippen LogP contribution >= 0.6 is 0 Å². The molecule has 8 heteroatoms. The summed E-state index contributed by atoms with van der Waals surface area (Å²) in [5.74, 6) is -0.789. The highest BCUT2D eigenvalue weighted by Gasteiger charge is 2.30. The molecule has 0 atom stereocenters. The van der Waals surface area contributed by atoms with E-state index in [-0.39, 0.29) is 24.8 Å². The number of aliphatic hydroxyl groups is 1. The van der Waals surface area contributed by atoms with Gasteiger partial charge in [-0.2, -0.15) is 0 Å². The van der Waals surface area contributed by atoms with E-state index in [1.165, 1.54) is 6.08 Å². The van der Waals surface area contributed by atoms with E-state index in [1.54, 1.807) is 18.2 Å². The molecule has 2 aliphatic rings. The molecule has 8 nitrogen and oxygen atoms in total. The predicted octanol–water partition coefficient (Wildman–Crippen LogP) is -0.534. The van der Waals surface area contributed by atoms with Crippen LogP contribution in [0.25, 0.3) is 0 Å². The Labute approximate surface area is 131 Å². The van der Waals surface area contributed by atoms with Gasteiger partial charge >= 0.3 is 0 Å². The molecule has 1 aromatic rings. The molecule has 0 saturated carbocycles. The summed E-state index contributed by atoms with van der Waals surface area (Å²) in [4.78, 5) is 36.7. The molecule has 0 fully saturated rings. The highest BCUT2D eigenvalue weighted by atomic mass is 16.5. The van der Waals surface area contributed by atoms with E-state index < -0.39 is 11.8 Å². The Morgan fingerprint density at radius 3 is 2.91 bits per heavy atom. The molecule has 0 aliphatic carbocycles. The summed E-state index contributed by atoms with van der Waals surface area (Å²) in [6.45, 7) is 0.457. The maximum atomic E-state index is 12.1. The van der Waals surface area contributed by atoms with Crippen molar-refractivity contribution in [2.24, 2.45) is 0 Å². The molecule has 0 aromatic heterocycles. The molecule has 3 N–H and O–H groups in total. The standard InChI is InChI=1S/C15H15N3O5/c19-5-4-18-13(20)8-11(15(18)22)17-9-1-2-12-10(7-9)14(21)16-3-6-23-12/h1-2,7-8,17,19H,3-6H2,(H,16,21). The van der Waals surface area contributed by atoms with Crippen molar-refractivity contribution in [1.82, 2.24) is 10.2 Å². The lowest BCUT2D eigenvalue weighted by Crippen LogP contribution is -2.34. The van der Waals surface area contributed by atoms with Gasteiger partial charge in [-0.15, -0.1) is 0 Å². The number of β-amino-alcohol motifs (C(OH)–C–C–N with tert-alkyl or cyclic N) is 1. The number of benzene rings is 1. The first kappa shape index (κ1) is 15.0. The van der Waals surface area contributed by atoms with Gasteiger partial charge in [-0.25, -0.2) is 0 Å². The van der Waals surface area contributed by atoms with Gasteiger partial charge in [0.05, 0.1) is 25.3 Å². The molecular formula is C15H15N3O5. The van der Waals surface area contributed by atoms with Gasteiger partial charge in [0, 0.05) is 11.8 Å². The van der Waals surface area contributed by atoms with Crippen molar-refractivity contribution in [3.8, 4) is 5.75 Å². The molecule has 0 radical (unpaired) electrons. The van der Waals surface area contributed by atoms with Crippen LogP contribution < -0.4 is 15.4 Å². The van der Waals surface area contributed by atoms with E-state index in [1.807, 2.05) is 0 Å². The SMILES string of the molecule is O=C1NCCOc2ccc(NC3=CC(=O)N(CCO)C3=O)cc21. The summed E-state index contributed by atoms with van der Waals surface area (Å²) in [5.41, 5.74) is 0.943. The van der Waals surface area contributed by atoms with Crippen molar-refractivity contribution in [2.75, 3.05) is 31.6 Å². The molecule has 2 aliphatic heterocycles. The van der Waals surface area contributed by atoms with Gasteiger partial charge in [-0.3, -0.25) is 19.3 Å². The number of fused-ring (bicyclic) bond motifs is 1. The van der Waals surface area contributed by atoms with Crippen LogP contribution in [0.4, 0.5) is 5.69 Å². The minimum Gasteiger partial charge on any atom is -0.491 e. The van der Waals surface area contributed by atoms with Crippen molar-refractivity contribution in [1.29, 1.82) is 0 Å². The number of amides is 3. The Hall–Kier alpha value is -2.87. The molecule has 0 unspecified atom stereocenters. The summed E-state index contributed by atoms with van der Waals surface area (Å²) < 4.78 is 5.45. The van der Waals surface area contributed by atoms with Gasteiger partial charge in [-0.05, 0) is 18.2 Å². The molecule has 3 rings (SSSR count). The fourth-order valence-corrected chi connectivity index (χ4v) is 2.40. The van der Waals surface area contributed by atoms with E-state index in [9.17, 15) is 14.4 Å². The fraction of sp³-hybridized carbons (Fsp3) is 0.267. The normalized spacial score (nSPS) is 17.2. The topological polar surface area (TPSA) is 108 Å². The first-order chi connectivity index (χ1) is 11.1. The minimum atomic E-state index is -0.514. The third kappa shape index (κ3) is 2.88. The van der Waals surface area contributed by atoms with Crippen LogP contribution in [0.5, 0.6) is 5.75 Å². The van der Waals surface area contributed by atoms with Crippen molar-refractivity contribution in [3.63, 3.8) is 0 Å². The highest BCUT2D eigenvalue weighted by molar-refractivity contribution is 6.17. The number of hydrogen-bond acceptors (Lipinski definition) is 6. The van der Waals surface area contributed by atoms with Gasteiger partial charge in [0.25, 0.3) is 17.7 Å². The third-order valence-corrected chi connectivity index (χ3v) is 3.48. The van der Waals surface area contributed by atoms with E-state index in [4.69, 9.17) is 9.84 Å². The average molecular weight is 317 g/mol. The van der Waals surface area contributed by atoms with Crippen molar-refractivity contribution in [2.45, 2.75) is 0 Å². The van der Waals surface area contributed by atoms with Gasteiger partial charge < -0.3 is 20.5 Å². The molecular weight excluding hydrogens is 302 g/mol. The van der Waals surface area contributed by atoms with E-state index >= 15 is 0 Å². The monoisotopic (exact) mass is 317 g/mol. The van der Waals surface area contributed by atoms with Crippen LogP contribution in [-0.4, -0.2) is 54.0 Å². The number of nitrogens with one attached hydrogen (secondary N) is 2. The number of ether oxygens (including phenoxy) is 1. The van der Waals surface area contributed by atoms with Crippen molar-refractivity contribution in [3.05, 3.63) is 35.5 Å². The summed E-state index contributed by atoms with van der Waals surface area (Å²) >= 11 is 0. The highest BCUT2D eigenvalue weighted by Crippen LogP contribution is 2.26. The predicted molar refractivity (Wildman–Crippen MR) is 79.8 cm³/mol. The van der Waals surface area contributed by atoms with E-state index in [0.29, 0.717) is 30.2 Å². The Morgan fingerprint density at radius 2 is 2.13 bits per heavy atom. The van der Waals surface area contributed by atoms with Crippen LogP contribution in [0.3, 0.4) is 0 Å². The van der Waals surface area contributed by atoms with Gasteiger partial charge in [-0.1, -0.05) is 0 Å². The van der Waals surface area contributed by atoms with Crippen LogP contribution in [0, 0.1) is 0 Å². The molecule has 23 heavy (non-hydrogen) atoms. The number of imide groups is 1. The Kier molecular flexibility index (Phi) is 3.98. The Balaban J connectivity index is 1.82. The van der Waals surface area contributed by atoms with E-state index in [0.717, 1.165) is 4.90 Å². The third-order valence-electron chi connectivity index (χ3n) is 3.48. The fourth-order valence-electron chi connectivity index (χ4n) is 2.40. The molecule has 2 heterocycles. The number of nitrogens with zero attached hydrogens (tertiary/aromatic N) is 1. The molecule has 0 spiro atoms. The summed E-state index contributed by atoms with van der Waals surface area (Å²) in [7, 11) is 0. The average Bonchev–Trinajstić information content (AvgIpc) is 2.70. The lowest BCUT2D eigenvalue weighted by Gasteiger charge is -2.14. The van der Waals surface area contributed by atoms with Gasteiger partial charge in [0.2, 0.25) is 0 Å². The van der Waals surface area contributed by atoms with Crippen LogP contribution in [0.2, 0.25) is 0 Å². The lowest BCUT2D eigenvalue weighted by molar-refractivity contribution is -0.137. The number of anilines is 1. The van der Waals surface area contributed by atoms with Crippen molar-refractivity contribution >= 4 is 23.4 Å². The zero-order chi connectivity index (χ0) is 16.4. The first-order valence-corrected chi connectivity index (χ1v) is 7.10. The second-order valence-electron chi connectivity index (χ2n) is 5.02. The van der Waals surface area contributed by atoms with Crippen molar-refractivity contribution < 1.29 is 24.2 Å². The smallest absolute Gasteiger partial charge is 0.277 e. The Morgan fingerprint density at radius 1 is 1.30 bits per heavy atom. The van der Waals surface area contributed by atoms with Crippen LogP contribution in [-0.2, 0) is 9.59 Å². The number of hydrogen-bond donors (Lipinski definition) is 3. The maximum Gasteiger partial charge on any atom is 0.277 e. The summed E-state index contributed by atoms with van der Waals surface area (Å²) in [6, 6.07) is 4.85. The maximum absolute atomic E-state index is 12.1. The Bertz CT molecular complexity index is 713. The summed E-state index contributed by atoms with van der Waals surface area (Å²) in [6.07, 6.45) is 1.17. The molecule has 120 valence electrons. The van der Waals surface area contributed by atoms with Crippen LogP contribution in [0.15, 0.2) is 30.0 Å². The quantitative estimate of drug-likeness (QED) is 0.644. The zero-order valence-corrected chi connectivity index (χ0v) is 12.2. The number of aliphatic hydroxyl groups excluding tert-OH is 1. The number of carbonyl (C=O) groups is 3. The van der Waals surface area contributed by atoms with E-state index in [2.05, 4.69) is 10.6 Å². The summed E-state index contributed by atoms with van der Waals surface area (Å²) in [5, 5.41) is 14.4.